The standard InChI is InChI=1S/C25H24N2O2/c28-25(29-24-14-15-26-22-12-6-4-11-20(22)24)21-17-27(16-18-8-2-1-3-9-18)23-13-7-5-10-19(21)23/h4-7,10-15,17-18H,1-3,8-9,16H2. The third kappa shape index (κ3) is 3.51. The van der Waals surface area contributed by atoms with Crippen molar-refractivity contribution in [2.45, 2.75) is 38.6 Å². The SMILES string of the molecule is O=C(Oc1ccnc2ccccc12)c1cn(CC2CCCCC2)c2ccccc12. The van der Waals surface area contributed by atoms with E-state index in [1.165, 1.54) is 32.1 Å². The maximum Gasteiger partial charge on any atom is 0.345 e. The number of carbonyl (C=O) groups excluding carboxylic acids is 1. The van der Waals surface area contributed by atoms with E-state index in [1.807, 2.05) is 48.7 Å². The highest BCUT2D eigenvalue weighted by Gasteiger charge is 2.20. The van der Waals surface area contributed by atoms with Gasteiger partial charge < -0.3 is 9.30 Å². The second-order valence-corrected chi connectivity index (χ2v) is 7.93. The van der Waals surface area contributed by atoms with Crippen LogP contribution in [-0.2, 0) is 6.54 Å². The van der Waals surface area contributed by atoms with E-state index in [0.29, 0.717) is 17.2 Å². The molecule has 2 aromatic heterocycles. The van der Waals surface area contributed by atoms with Crippen molar-refractivity contribution >= 4 is 27.8 Å². The van der Waals surface area contributed by atoms with Crippen LogP contribution in [0, 0.1) is 5.92 Å². The van der Waals surface area contributed by atoms with Gasteiger partial charge in [0.05, 0.1) is 11.1 Å². The molecule has 5 rings (SSSR count). The number of hydrogen-bond acceptors (Lipinski definition) is 3. The molecule has 0 aliphatic heterocycles. The Morgan fingerprint density at radius 3 is 2.59 bits per heavy atom. The number of nitrogens with zero attached hydrogens (tertiary/aromatic N) is 2. The first-order valence-electron chi connectivity index (χ1n) is 10.4. The Balaban J connectivity index is 1.48. The Labute approximate surface area is 170 Å². The van der Waals surface area contributed by atoms with Gasteiger partial charge in [0.1, 0.15) is 5.75 Å². The average molecular weight is 384 g/mol. The van der Waals surface area contributed by atoms with Gasteiger partial charge in [-0.05, 0) is 43.0 Å². The summed E-state index contributed by atoms with van der Waals surface area (Å²) in [5.41, 5.74) is 2.54. The summed E-state index contributed by atoms with van der Waals surface area (Å²) in [6.45, 7) is 0.964. The number of carbonyl (C=O) groups is 1. The van der Waals surface area contributed by atoms with Gasteiger partial charge in [0.25, 0.3) is 0 Å². The first-order valence-corrected chi connectivity index (χ1v) is 10.4. The highest BCUT2D eigenvalue weighted by Crippen LogP contribution is 2.30. The first kappa shape index (κ1) is 17.9. The Morgan fingerprint density at radius 2 is 1.72 bits per heavy atom. The van der Waals surface area contributed by atoms with Gasteiger partial charge in [0, 0.05) is 35.2 Å². The van der Waals surface area contributed by atoms with Crippen LogP contribution >= 0.6 is 0 Å². The minimum absolute atomic E-state index is 0.319. The quantitative estimate of drug-likeness (QED) is 0.406. The van der Waals surface area contributed by atoms with E-state index < -0.39 is 0 Å². The molecule has 146 valence electrons. The summed E-state index contributed by atoms with van der Waals surface area (Å²) in [5, 5.41) is 1.79. The van der Waals surface area contributed by atoms with Gasteiger partial charge in [-0.1, -0.05) is 49.6 Å². The summed E-state index contributed by atoms with van der Waals surface area (Å²) >= 11 is 0. The molecule has 4 aromatic rings. The monoisotopic (exact) mass is 384 g/mol. The fourth-order valence-electron chi connectivity index (χ4n) is 4.52. The van der Waals surface area contributed by atoms with Gasteiger partial charge >= 0.3 is 5.97 Å². The lowest BCUT2D eigenvalue weighted by atomic mass is 9.89. The Morgan fingerprint density at radius 1 is 0.966 bits per heavy atom. The molecule has 0 unspecified atom stereocenters. The maximum absolute atomic E-state index is 13.1. The summed E-state index contributed by atoms with van der Waals surface area (Å²) in [5.74, 6) is 0.914. The minimum atomic E-state index is -0.319. The number of benzene rings is 2. The molecule has 4 heteroatoms. The minimum Gasteiger partial charge on any atom is -0.422 e. The molecule has 0 saturated heterocycles. The van der Waals surface area contributed by atoms with Crippen LogP contribution in [0.15, 0.2) is 67.0 Å². The number of hydrogen-bond donors (Lipinski definition) is 0. The second-order valence-electron chi connectivity index (χ2n) is 7.93. The molecular formula is C25H24N2O2. The molecule has 0 radical (unpaired) electrons. The zero-order chi connectivity index (χ0) is 19.6. The van der Waals surface area contributed by atoms with Crippen molar-refractivity contribution in [2.75, 3.05) is 0 Å². The third-order valence-corrected chi connectivity index (χ3v) is 6.00. The van der Waals surface area contributed by atoms with Gasteiger partial charge in [-0.25, -0.2) is 4.79 Å². The summed E-state index contributed by atoms with van der Waals surface area (Å²) in [6, 6.07) is 17.6. The lowest BCUT2D eigenvalue weighted by molar-refractivity contribution is 0.0738. The van der Waals surface area contributed by atoms with Crippen molar-refractivity contribution in [1.29, 1.82) is 0 Å². The van der Waals surface area contributed by atoms with Crippen LogP contribution in [0.2, 0.25) is 0 Å². The molecule has 2 heterocycles. The molecule has 0 N–H and O–H groups in total. The lowest BCUT2D eigenvalue weighted by Gasteiger charge is -2.22. The summed E-state index contributed by atoms with van der Waals surface area (Å²) in [7, 11) is 0. The molecule has 0 bridgehead atoms. The smallest absolute Gasteiger partial charge is 0.345 e. The van der Waals surface area contributed by atoms with E-state index in [4.69, 9.17) is 4.74 Å². The zero-order valence-electron chi connectivity index (χ0n) is 16.4. The molecule has 29 heavy (non-hydrogen) atoms. The summed E-state index contributed by atoms with van der Waals surface area (Å²) < 4.78 is 8.08. The number of fused-ring (bicyclic) bond motifs is 2. The zero-order valence-corrected chi connectivity index (χ0v) is 16.4. The molecule has 0 amide bonds. The van der Waals surface area contributed by atoms with Crippen molar-refractivity contribution in [2.24, 2.45) is 5.92 Å². The van der Waals surface area contributed by atoms with E-state index in [9.17, 15) is 4.79 Å². The first-order chi connectivity index (χ1) is 14.3. The Hall–Kier alpha value is -3.14. The van der Waals surface area contributed by atoms with E-state index in [2.05, 4.69) is 15.6 Å². The van der Waals surface area contributed by atoms with Crippen LogP contribution in [0.25, 0.3) is 21.8 Å². The van der Waals surface area contributed by atoms with E-state index in [0.717, 1.165) is 28.4 Å². The maximum atomic E-state index is 13.1. The Bertz CT molecular complexity index is 1170. The fourth-order valence-corrected chi connectivity index (χ4v) is 4.52. The molecule has 1 aliphatic rings. The average Bonchev–Trinajstić information content (AvgIpc) is 3.13. The molecule has 0 spiro atoms. The van der Waals surface area contributed by atoms with Crippen LogP contribution in [0.3, 0.4) is 0 Å². The topological polar surface area (TPSA) is 44.1 Å². The second kappa shape index (κ2) is 7.70. The number of ether oxygens (including phenoxy) is 1. The largest absolute Gasteiger partial charge is 0.422 e. The number of pyridine rings is 1. The van der Waals surface area contributed by atoms with Gasteiger partial charge in [-0.15, -0.1) is 0 Å². The molecule has 1 saturated carbocycles. The van der Waals surface area contributed by atoms with E-state index >= 15 is 0 Å². The number of para-hydroxylation sites is 2. The van der Waals surface area contributed by atoms with E-state index in [1.54, 1.807) is 12.3 Å². The van der Waals surface area contributed by atoms with Crippen molar-refractivity contribution in [3.05, 3.63) is 72.6 Å². The number of aromatic nitrogens is 2. The van der Waals surface area contributed by atoms with Crippen molar-refractivity contribution in [3.8, 4) is 5.75 Å². The van der Waals surface area contributed by atoms with Crippen LogP contribution in [-0.4, -0.2) is 15.5 Å². The molecule has 0 atom stereocenters. The summed E-state index contributed by atoms with van der Waals surface area (Å²) in [6.07, 6.45) is 10.2. The van der Waals surface area contributed by atoms with Gasteiger partial charge in [0.2, 0.25) is 0 Å². The fraction of sp³-hybridized carbons (Fsp3) is 0.280. The van der Waals surface area contributed by atoms with Crippen molar-refractivity contribution in [3.63, 3.8) is 0 Å². The van der Waals surface area contributed by atoms with Crippen LogP contribution in [0.4, 0.5) is 0 Å². The van der Waals surface area contributed by atoms with Crippen LogP contribution in [0.5, 0.6) is 5.75 Å². The van der Waals surface area contributed by atoms with E-state index in [-0.39, 0.29) is 5.97 Å². The summed E-state index contributed by atoms with van der Waals surface area (Å²) in [4.78, 5) is 17.5. The molecule has 2 aromatic carbocycles. The molecule has 4 nitrogen and oxygen atoms in total. The number of esters is 1. The van der Waals surface area contributed by atoms with Gasteiger partial charge in [-0.2, -0.15) is 0 Å². The molecule has 1 aliphatic carbocycles. The molecular weight excluding hydrogens is 360 g/mol. The Kier molecular flexibility index (Phi) is 4.76. The number of rotatable bonds is 4. The highest BCUT2D eigenvalue weighted by atomic mass is 16.5. The highest BCUT2D eigenvalue weighted by molar-refractivity contribution is 6.06. The van der Waals surface area contributed by atoms with Crippen molar-refractivity contribution in [1.82, 2.24) is 9.55 Å². The van der Waals surface area contributed by atoms with Crippen molar-refractivity contribution < 1.29 is 9.53 Å². The molecule has 1 fully saturated rings. The normalized spacial score (nSPS) is 15.0. The predicted molar refractivity (Wildman–Crippen MR) is 115 cm³/mol. The van der Waals surface area contributed by atoms with Gasteiger partial charge in [-0.3, -0.25) is 4.98 Å². The van der Waals surface area contributed by atoms with Crippen LogP contribution in [0.1, 0.15) is 42.5 Å². The van der Waals surface area contributed by atoms with Crippen LogP contribution < -0.4 is 4.74 Å². The lowest BCUT2D eigenvalue weighted by Crippen LogP contribution is -2.13. The predicted octanol–water partition coefficient (Wildman–Crippen LogP) is 5.99. The third-order valence-electron chi connectivity index (χ3n) is 6.00. The van der Waals surface area contributed by atoms with Gasteiger partial charge in [0.15, 0.2) is 0 Å².